The van der Waals surface area contributed by atoms with Crippen LogP contribution in [0, 0.1) is 5.92 Å². The van der Waals surface area contributed by atoms with Crippen molar-refractivity contribution in [2.45, 2.75) is 23.6 Å². The van der Waals surface area contributed by atoms with Crippen molar-refractivity contribution in [1.29, 1.82) is 0 Å². The summed E-state index contributed by atoms with van der Waals surface area (Å²) in [5, 5.41) is 0. The van der Waals surface area contributed by atoms with E-state index in [-0.39, 0.29) is 0 Å². The Morgan fingerprint density at radius 2 is 2.00 bits per heavy atom. The molecular weight excluding hydrogens is 257 g/mol. The fourth-order valence-corrected chi connectivity index (χ4v) is 3.82. The summed E-state index contributed by atoms with van der Waals surface area (Å²) in [5.74, 6) is 1.42. The van der Waals surface area contributed by atoms with Crippen LogP contribution in [-0.2, 0) is 0 Å². The molecule has 0 aromatic rings. The van der Waals surface area contributed by atoms with Crippen LogP contribution in [0.3, 0.4) is 0 Å². The maximum Gasteiger partial charge on any atom is 0.136 e. The first-order chi connectivity index (χ1) is 6.59. The van der Waals surface area contributed by atoms with E-state index in [9.17, 15) is 0 Å². The van der Waals surface area contributed by atoms with Gasteiger partial charge in [0.25, 0.3) is 0 Å². The molecular formula is C9H13Cl2NS2. The number of hydrogen-bond acceptors (Lipinski definition) is 2. The van der Waals surface area contributed by atoms with Crippen LogP contribution < -0.4 is 0 Å². The first-order valence-electron chi connectivity index (χ1n) is 4.89. The van der Waals surface area contributed by atoms with Crippen molar-refractivity contribution in [3.05, 3.63) is 0 Å². The molecule has 1 heterocycles. The second-order valence-corrected chi connectivity index (χ2v) is 7.13. The zero-order valence-corrected chi connectivity index (χ0v) is 11.0. The summed E-state index contributed by atoms with van der Waals surface area (Å²) in [6.07, 6.45) is 3.48. The van der Waals surface area contributed by atoms with Gasteiger partial charge in [0.05, 0.1) is 0 Å². The van der Waals surface area contributed by atoms with Crippen molar-refractivity contribution in [3.63, 3.8) is 0 Å². The fourth-order valence-electron chi connectivity index (χ4n) is 1.61. The highest BCUT2D eigenvalue weighted by molar-refractivity contribution is 8.22. The van der Waals surface area contributed by atoms with Crippen molar-refractivity contribution in [2.75, 3.05) is 18.8 Å². The highest BCUT2D eigenvalue weighted by Crippen LogP contribution is 2.54. The Kier molecular flexibility index (Phi) is 3.52. The smallest absolute Gasteiger partial charge is 0.136 e. The van der Waals surface area contributed by atoms with E-state index in [0.717, 1.165) is 29.6 Å². The molecule has 0 N–H and O–H groups in total. The van der Waals surface area contributed by atoms with E-state index < -0.39 is 4.33 Å². The summed E-state index contributed by atoms with van der Waals surface area (Å²) in [7, 11) is 0. The minimum absolute atomic E-state index is 0.441. The summed E-state index contributed by atoms with van der Waals surface area (Å²) in [5.41, 5.74) is 0. The molecule has 1 aliphatic carbocycles. The van der Waals surface area contributed by atoms with E-state index in [1.54, 1.807) is 11.8 Å². The van der Waals surface area contributed by atoms with Gasteiger partial charge in [-0.2, -0.15) is 0 Å². The van der Waals surface area contributed by atoms with Crippen LogP contribution in [0.2, 0.25) is 0 Å². The largest absolute Gasteiger partial charge is 0.358 e. The van der Waals surface area contributed by atoms with Crippen LogP contribution in [0.4, 0.5) is 0 Å². The average Bonchev–Trinajstić information content (AvgIpc) is 2.58. The van der Waals surface area contributed by atoms with Crippen molar-refractivity contribution >= 4 is 51.5 Å². The molecule has 1 aliphatic heterocycles. The van der Waals surface area contributed by atoms with Gasteiger partial charge in [0.2, 0.25) is 0 Å². The molecule has 0 radical (unpaired) electrons. The molecule has 1 nitrogen and oxygen atoms in total. The Morgan fingerprint density at radius 1 is 1.43 bits per heavy atom. The Hall–Kier alpha value is 0.820. The third-order valence-corrected chi connectivity index (χ3v) is 5.34. The van der Waals surface area contributed by atoms with Crippen molar-refractivity contribution in [3.8, 4) is 0 Å². The van der Waals surface area contributed by atoms with Crippen molar-refractivity contribution in [1.82, 2.24) is 4.90 Å². The maximum absolute atomic E-state index is 5.95. The number of thioether (sulfide) groups is 1. The molecule has 0 aromatic carbocycles. The van der Waals surface area contributed by atoms with Gasteiger partial charge in [-0.15, -0.1) is 23.2 Å². The number of hydrogen-bond donors (Lipinski definition) is 0. The number of likely N-dealkylation sites (tertiary alicyclic amines) is 1. The van der Waals surface area contributed by atoms with Crippen molar-refractivity contribution < 1.29 is 0 Å². The molecule has 2 rings (SSSR count). The summed E-state index contributed by atoms with van der Waals surface area (Å²) in [4.78, 5) is 2.28. The van der Waals surface area contributed by atoms with Gasteiger partial charge in [-0.1, -0.05) is 24.0 Å². The number of alkyl halides is 2. The Balaban J connectivity index is 1.68. The van der Waals surface area contributed by atoms with Gasteiger partial charge in [0, 0.05) is 24.8 Å². The van der Waals surface area contributed by atoms with Crippen LogP contribution >= 0.6 is 47.2 Å². The van der Waals surface area contributed by atoms with E-state index in [4.69, 9.17) is 35.4 Å². The first-order valence-corrected chi connectivity index (χ1v) is 7.04. The van der Waals surface area contributed by atoms with Gasteiger partial charge in [0.1, 0.15) is 8.65 Å². The van der Waals surface area contributed by atoms with Gasteiger partial charge in [-0.05, 0) is 19.3 Å². The molecule has 0 bridgehead atoms. The molecule has 2 aliphatic rings. The molecule has 80 valence electrons. The summed E-state index contributed by atoms with van der Waals surface area (Å²) in [6, 6.07) is 0. The topological polar surface area (TPSA) is 3.24 Å². The lowest BCUT2D eigenvalue weighted by Gasteiger charge is -2.17. The Morgan fingerprint density at radius 3 is 2.50 bits per heavy atom. The zero-order valence-electron chi connectivity index (χ0n) is 7.84. The van der Waals surface area contributed by atoms with Crippen LogP contribution in [0.5, 0.6) is 0 Å². The van der Waals surface area contributed by atoms with Crippen LogP contribution in [0.1, 0.15) is 19.3 Å². The highest BCUT2D eigenvalue weighted by Gasteiger charge is 2.51. The lowest BCUT2D eigenvalue weighted by molar-refractivity contribution is 0.539. The normalized spacial score (nSPS) is 29.3. The summed E-state index contributed by atoms with van der Waals surface area (Å²) < 4.78 is 0.576. The number of thiocarbonyl (C=S) groups is 1. The van der Waals surface area contributed by atoms with Gasteiger partial charge >= 0.3 is 0 Å². The first kappa shape index (κ1) is 11.3. The zero-order chi connectivity index (χ0) is 10.2. The monoisotopic (exact) mass is 269 g/mol. The molecule has 0 spiro atoms. The maximum atomic E-state index is 5.95. The third-order valence-electron chi connectivity index (χ3n) is 2.73. The average molecular weight is 270 g/mol. The van der Waals surface area contributed by atoms with Crippen LogP contribution in [0.15, 0.2) is 0 Å². The number of nitrogens with zero attached hydrogens (tertiary/aromatic N) is 1. The molecule has 14 heavy (non-hydrogen) atoms. The number of rotatable bonds is 2. The molecule has 0 amide bonds. The van der Waals surface area contributed by atoms with E-state index in [1.807, 2.05) is 0 Å². The van der Waals surface area contributed by atoms with E-state index in [1.165, 1.54) is 12.8 Å². The minimum Gasteiger partial charge on any atom is -0.358 e. The molecule has 1 saturated carbocycles. The SMILES string of the molecule is S=C(SC[C@@H]1CC1(Cl)Cl)N1CCCC1. The summed E-state index contributed by atoms with van der Waals surface area (Å²) in [6.45, 7) is 2.26. The Labute approximate surface area is 104 Å². The molecule has 0 aromatic heterocycles. The lowest BCUT2D eigenvalue weighted by Crippen LogP contribution is -2.23. The highest BCUT2D eigenvalue weighted by atomic mass is 35.5. The minimum atomic E-state index is -0.451. The van der Waals surface area contributed by atoms with Gasteiger partial charge < -0.3 is 4.90 Å². The predicted molar refractivity (Wildman–Crippen MR) is 68.4 cm³/mol. The fraction of sp³-hybridized carbons (Fsp3) is 0.889. The van der Waals surface area contributed by atoms with E-state index in [2.05, 4.69) is 4.90 Å². The molecule has 2 fully saturated rings. The lowest BCUT2D eigenvalue weighted by atomic mass is 10.4. The van der Waals surface area contributed by atoms with Crippen LogP contribution in [0.25, 0.3) is 0 Å². The number of halogens is 2. The summed E-state index contributed by atoms with van der Waals surface area (Å²) >= 11 is 19.0. The molecule has 1 saturated heterocycles. The van der Waals surface area contributed by atoms with Gasteiger partial charge in [-0.25, -0.2) is 0 Å². The molecule has 5 heteroatoms. The third kappa shape index (κ3) is 2.69. The van der Waals surface area contributed by atoms with Gasteiger partial charge in [0.15, 0.2) is 0 Å². The van der Waals surface area contributed by atoms with E-state index in [0.29, 0.717) is 5.92 Å². The Bertz CT molecular complexity index is 239. The second-order valence-electron chi connectivity index (χ2n) is 3.93. The van der Waals surface area contributed by atoms with Crippen molar-refractivity contribution in [2.24, 2.45) is 5.92 Å². The molecule has 1 atom stereocenters. The van der Waals surface area contributed by atoms with Crippen LogP contribution in [-0.4, -0.2) is 32.4 Å². The molecule has 0 unspecified atom stereocenters. The second kappa shape index (κ2) is 4.36. The standard InChI is InChI=1S/C9H13Cl2NS2/c10-9(11)5-7(9)6-14-8(13)12-3-1-2-4-12/h7H,1-6H2/t7-/m0/s1. The predicted octanol–water partition coefficient (Wildman–Crippen LogP) is 3.29. The quantitative estimate of drug-likeness (QED) is 0.560. The van der Waals surface area contributed by atoms with Gasteiger partial charge in [-0.3, -0.25) is 0 Å². The van der Waals surface area contributed by atoms with E-state index >= 15 is 0 Å².